The second kappa shape index (κ2) is 10.5. The number of esters is 3. The van der Waals surface area contributed by atoms with Gasteiger partial charge in [-0.05, 0) is 68.4 Å². The van der Waals surface area contributed by atoms with Gasteiger partial charge in [0.1, 0.15) is 18.3 Å². The zero-order valence-electron chi connectivity index (χ0n) is 22.6. The Morgan fingerprint density at radius 1 is 0.861 bits per heavy atom. The molecule has 2 N–H and O–H groups in total. The summed E-state index contributed by atoms with van der Waals surface area (Å²) in [6, 6.07) is 3.12. The Labute approximate surface area is 212 Å². The van der Waals surface area contributed by atoms with Crippen LogP contribution in [0.3, 0.4) is 0 Å². The Balaban J connectivity index is 2.53. The van der Waals surface area contributed by atoms with Gasteiger partial charge >= 0.3 is 24.1 Å². The van der Waals surface area contributed by atoms with E-state index in [1.807, 2.05) is 0 Å². The summed E-state index contributed by atoms with van der Waals surface area (Å²) in [5.74, 6) is -2.22. The van der Waals surface area contributed by atoms with Crippen molar-refractivity contribution in [1.82, 2.24) is 0 Å². The fourth-order valence-electron chi connectivity index (χ4n) is 3.12. The summed E-state index contributed by atoms with van der Waals surface area (Å²) < 4.78 is 24.8. The Kier molecular flexibility index (Phi) is 8.56. The molecule has 1 fully saturated rings. The highest BCUT2D eigenvalue weighted by Gasteiger charge is 2.56. The molecule has 0 spiro atoms. The van der Waals surface area contributed by atoms with Gasteiger partial charge in [0.25, 0.3) is 5.91 Å². The molecule has 1 unspecified atom stereocenters. The SMILES string of the molecule is CC(C)(C)C(=O)OC[C@H]1OC([n+]2cccc(C(N)=O)c2)[C@H](OC(=O)C(C)(C)C)[C@@H]1OC(=O)C(C)(C)C. The summed E-state index contributed by atoms with van der Waals surface area (Å²) in [5, 5.41) is 0. The molecular formula is C26H39N2O8+. The Morgan fingerprint density at radius 2 is 1.36 bits per heavy atom. The second-order valence-corrected chi connectivity index (χ2v) is 12.1. The maximum Gasteiger partial charge on any atom is 0.311 e. The van der Waals surface area contributed by atoms with Crippen LogP contribution in [0.15, 0.2) is 24.5 Å². The molecular weight excluding hydrogens is 468 g/mol. The Hall–Kier alpha value is -3.01. The number of rotatable bonds is 6. The van der Waals surface area contributed by atoms with E-state index < -0.39 is 64.6 Å². The molecule has 1 aliphatic heterocycles. The molecule has 1 amide bonds. The van der Waals surface area contributed by atoms with Crippen LogP contribution in [0, 0.1) is 16.2 Å². The minimum Gasteiger partial charge on any atom is -0.462 e. The summed E-state index contributed by atoms with van der Waals surface area (Å²) in [6.45, 7) is 15.1. The molecule has 4 atom stereocenters. The van der Waals surface area contributed by atoms with E-state index in [1.54, 1.807) is 74.6 Å². The lowest BCUT2D eigenvalue weighted by Gasteiger charge is -2.28. The van der Waals surface area contributed by atoms with E-state index in [0.29, 0.717) is 0 Å². The maximum absolute atomic E-state index is 12.9. The second-order valence-electron chi connectivity index (χ2n) is 12.1. The van der Waals surface area contributed by atoms with Crippen molar-refractivity contribution in [2.45, 2.75) is 86.9 Å². The van der Waals surface area contributed by atoms with Crippen LogP contribution in [-0.4, -0.2) is 48.7 Å². The lowest BCUT2D eigenvalue weighted by Crippen LogP contribution is -2.50. The van der Waals surface area contributed by atoms with Crippen molar-refractivity contribution in [3.05, 3.63) is 30.1 Å². The molecule has 200 valence electrons. The van der Waals surface area contributed by atoms with Crippen molar-refractivity contribution < 1.29 is 42.7 Å². The van der Waals surface area contributed by atoms with Crippen molar-refractivity contribution in [3.8, 4) is 0 Å². The molecule has 10 heteroatoms. The molecule has 36 heavy (non-hydrogen) atoms. The van der Waals surface area contributed by atoms with E-state index in [0.717, 1.165) is 0 Å². The molecule has 0 radical (unpaired) electrons. The average Bonchev–Trinajstić information content (AvgIpc) is 3.07. The standard InChI is InChI=1S/C26H38N2O8/c1-24(2,3)21(30)33-14-16-17(35-22(31)25(4,5)6)18(36-23(32)26(7,8)9)20(34-16)28-12-10-11-15(13-28)19(27)29/h10-13,16-18,20H,14H2,1-9H3,(H-,27,29)/p+1/t16-,17-,18-,20?/m1/s1. The molecule has 2 heterocycles. The predicted molar refractivity (Wildman–Crippen MR) is 128 cm³/mol. The topological polar surface area (TPSA) is 135 Å². The summed E-state index contributed by atoms with van der Waals surface area (Å²) in [7, 11) is 0. The van der Waals surface area contributed by atoms with Crippen LogP contribution >= 0.6 is 0 Å². The lowest BCUT2D eigenvalue weighted by molar-refractivity contribution is -0.765. The third-order valence-electron chi connectivity index (χ3n) is 5.39. The van der Waals surface area contributed by atoms with Crippen molar-refractivity contribution in [2.75, 3.05) is 6.61 Å². The predicted octanol–water partition coefficient (Wildman–Crippen LogP) is 2.48. The smallest absolute Gasteiger partial charge is 0.311 e. The minimum atomic E-state index is -1.10. The molecule has 1 aliphatic rings. The van der Waals surface area contributed by atoms with E-state index in [2.05, 4.69) is 0 Å². The number of aromatic nitrogens is 1. The quantitative estimate of drug-likeness (QED) is 0.352. The van der Waals surface area contributed by atoms with E-state index in [1.165, 1.54) is 16.8 Å². The van der Waals surface area contributed by atoms with Crippen molar-refractivity contribution in [3.63, 3.8) is 0 Å². The van der Waals surface area contributed by atoms with Crippen LogP contribution in [0.1, 0.15) is 78.9 Å². The third kappa shape index (κ3) is 7.25. The fourth-order valence-corrected chi connectivity index (χ4v) is 3.12. The van der Waals surface area contributed by atoms with Crippen LogP contribution in [-0.2, 0) is 33.3 Å². The average molecular weight is 508 g/mol. The van der Waals surface area contributed by atoms with Gasteiger partial charge < -0.3 is 24.7 Å². The largest absolute Gasteiger partial charge is 0.462 e. The van der Waals surface area contributed by atoms with Crippen LogP contribution in [0.25, 0.3) is 0 Å². The number of primary amides is 1. The number of carbonyl (C=O) groups excluding carboxylic acids is 4. The number of hydrogen-bond donors (Lipinski definition) is 1. The van der Waals surface area contributed by atoms with Gasteiger partial charge in [-0.25, -0.2) is 0 Å². The van der Waals surface area contributed by atoms with Gasteiger partial charge in [-0.2, -0.15) is 4.57 Å². The molecule has 10 nitrogen and oxygen atoms in total. The van der Waals surface area contributed by atoms with Crippen LogP contribution in [0.5, 0.6) is 0 Å². The molecule has 1 aromatic heterocycles. The van der Waals surface area contributed by atoms with Crippen LogP contribution in [0.4, 0.5) is 0 Å². The number of ether oxygens (including phenoxy) is 4. The highest BCUT2D eigenvalue weighted by molar-refractivity contribution is 5.92. The van der Waals surface area contributed by atoms with Gasteiger partial charge in [0, 0.05) is 6.07 Å². The minimum absolute atomic E-state index is 0.202. The van der Waals surface area contributed by atoms with Crippen molar-refractivity contribution in [1.29, 1.82) is 0 Å². The highest BCUT2D eigenvalue weighted by atomic mass is 16.7. The number of amides is 1. The van der Waals surface area contributed by atoms with Crippen LogP contribution < -0.4 is 10.3 Å². The van der Waals surface area contributed by atoms with E-state index in [9.17, 15) is 19.2 Å². The molecule has 0 aliphatic carbocycles. The molecule has 0 bridgehead atoms. The molecule has 0 aromatic carbocycles. The van der Waals surface area contributed by atoms with Crippen molar-refractivity contribution >= 4 is 23.8 Å². The van der Waals surface area contributed by atoms with Gasteiger partial charge in [-0.15, -0.1) is 0 Å². The van der Waals surface area contributed by atoms with Gasteiger partial charge in [0.05, 0.1) is 16.2 Å². The zero-order valence-corrected chi connectivity index (χ0v) is 22.6. The zero-order chi connectivity index (χ0) is 27.6. The van der Waals surface area contributed by atoms with E-state index in [4.69, 9.17) is 24.7 Å². The Bertz CT molecular complexity index is 1000. The Morgan fingerprint density at radius 3 is 1.83 bits per heavy atom. The molecule has 1 saturated heterocycles. The first-order valence-electron chi connectivity index (χ1n) is 11.9. The summed E-state index contributed by atoms with van der Waals surface area (Å²) in [4.78, 5) is 50.0. The van der Waals surface area contributed by atoms with E-state index >= 15 is 0 Å². The normalized spacial score (nSPS) is 22.6. The van der Waals surface area contributed by atoms with E-state index in [-0.39, 0.29) is 12.2 Å². The van der Waals surface area contributed by atoms with Crippen molar-refractivity contribution in [2.24, 2.45) is 22.0 Å². The number of hydrogen-bond acceptors (Lipinski definition) is 8. The first kappa shape index (κ1) is 29.2. The summed E-state index contributed by atoms with van der Waals surface area (Å²) in [6.07, 6.45) is -1.07. The number of nitrogens with two attached hydrogens (primary N) is 1. The molecule has 1 aromatic rings. The van der Waals surface area contributed by atoms with Gasteiger partial charge in [0.2, 0.25) is 6.10 Å². The van der Waals surface area contributed by atoms with Gasteiger partial charge in [0.15, 0.2) is 18.5 Å². The maximum atomic E-state index is 12.9. The first-order chi connectivity index (χ1) is 16.3. The molecule has 0 saturated carbocycles. The van der Waals surface area contributed by atoms with Gasteiger partial charge in [-0.1, -0.05) is 0 Å². The highest BCUT2D eigenvalue weighted by Crippen LogP contribution is 2.34. The van der Waals surface area contributed by atoms with Gasteiger partial charge in [-0.3, -0.25) is 19.2 Å². The molecule has 2 rings (SSSR count). The number of pyridine rings is 1. The monoisotopic (exact) mass is 507 g/mol. The fraction of sp³-hybridized carbons (Fsp3) is 0.654. The lowest BCUT2D eigenvalue weighted by atomic mass is 9.96. The summed E-state index contributed by atoms with van der Waals surface area (Å²) >= 11 is 0. The number of nitrogens with zero attached hydrogens (tertiary/aromatic N) is 1. The third-order valence-corrected chi connectivity index (χ3v) is 5.39. The number of carbonyl (C=O) groups is 4. The van der Waals surface area contributed by atoms with Crippen LogP contribution in [0.2, 0.25) is 0 Å². The summed E-state index contributed by atoms with van der Waals surface area (Å²) in [5.41, 5.74) is 3.15. The first-order valence-corrected chi connectivity index (χ1v) is 11.9.